The second kappa shape index (κ2) is 9.92. The fraction of sp³-hybridized carbons (Fsp3) is 0.194. The first-order valence-corrected chi connectivity index (χ1v) is 12.3. The number of fused-ring (bicyclic) bond motifs is 1. The van der Waals surface area contributed by atoms with Crippen molar-refractivity contribution in [3.63, 3.8) is 0 Å². The summed E-state index contributed by atoms with van der Waals surface area (Å²) < 4.78 is 25.0. The molecule has 2 aliphatic rings. The van der Waals surface area contributed by atoms with Gasteiger partial charge in [-0.25, -0.2) is 4.79 Å². The van der Waals surface area contributed by atoms with Crippen molar-refractivity contribution in [3.05, 3.63) is 144 Å². The minimum absolute atomic E-state index is 0.742. The second-order valence-electron chi connectivity index (χ2n) is 9.09. The monoisotopic (exact) mass is 494 g/mol. The maximum Gasteiger partial charge on any atom is 0.338 e. The quantitative estimate of drug-likeness (QED) is 0.309. The molecule has 0 saturated carbocycles. The van der Waals surface area contributed by atoms with E-state index in [9.17, 15) is 9.90 Å². The van der Waals surface area contributed by atoms with Gasteiger partial charge in [0.25, 0.3) is 0 Å². The van der Waals surface area contributed by atoms with Gasteiger partial charge in [0, 0.05) is 5.56 Å². The lowest BCUT2D eigenvalue weighted by Crippen LogP contribution is -2.52. The van der Waals surface area contributed by atoms with Crippen LogP contribution in [0.3, 0.4) is 0 Å². The first kappa shape index (κ1) is 23.6. The van der Waals surface area contributed by atoms with E-state index in [1.165, 1.54) is 0 Å². The van der Waals surface area contributed by atoms with Crippen LogP contribution in [0.15, 0.2) is 121 Å². The molecule has 186 valence electrons. The highest BCUT2D eigenvalue weighted by molar-refractivity contribution is 5.78. The summed E-state index contributed by atoms with van der Waals surface area (Å²) in [7, 11) is 0. The third kappa shape index (κ3) is 4.24. The van der Waals surface area contributed by atoms with E-state index in [4.69, 9.17) is 18.9 Å². The molecule has 1 N–H and O–H groups in total. The van der Waals surface area contributed by atoms with Crippen molar-refractivity contribution in [3.8, 4) is 0 Å². The van der Waals surface area contributed by atoms with Crippen LogP contribution in [0.1, 0.15) is 28.5 Å². The average molecular weight is 495 g/mol. The number of rotatable bonds is 6. The summed E-state index contributed by atoms with van der Waals surface area (Å²) in [6, 6.07) is 39.0. The van der Waals surface area contributed by atoms with Crippen molar-refractivity contribution in [2.24, 2.45) is 0 Å². The van der Waals surface area contributed by atoms with Crippen LogP contribution >= 0.6 is 0 Å². The van der Waals surface area contributed by atoms with Gasteiger partial charge >= 0.3 is 5.97 Å². The highest BCUT2D eigenvalue weighted by Crippen LogP contribution is 2.45. The largest absolute Gasteiger partial charge is 0.452 e. The molecule has 2 fully saturated rings. The predicted molar refractivity (Wildman–Crippen MR) is 135 cm³/mol. The van der Waals surface area contributed by atoms with Crippen molar-refractivity contribution in [2.75, 3.05) is 0 Å². The van der Waals surface area contributed by atoms with Crippen LogP contribution in [-0.4, -0.2) is 35.7 Å². The van der Waals surface area contributed by atoms with Crippen molar-refractivity contribution in [2.45, 2.75) is 36.5 Å². The molecule has 0 spiro atoms. The molecule has 6 nitrogen and oxygen atoms in total. The summed E-state index contributed by atoms with van der Waals surface area (Å²) in [5.41, 5.74) is 2.25. The zero-order valence-corrected chi connectivity index (χ0v) is 19.9. The maximum atomic E-state index is 12.4. The van der Waals surface area contributed by atoms with Gasteiger partial charge in [0.15, 0.2) is 18.5 Å². The molecule has 6 rings (SSSR count). The molecule has 0 aliphatic carbocycles. The number of aliphatic hydroxyl groups excluding tert-OH is 1. The summed E-state index contributed by atoms with van der Waals surface area (Å²) in [6.45, 7) is 0. The number of esters is 1. The molecule has 5 unspecified atom stereocenters. The van der Waals surface area contributed by atoms with E-state index in [1.54, 1.807) is 0 Å². The summed E-state index contributed by atoms with van der Waals surface area (Å²) in [6.07, 6.45) is -5.26. The highest BCUT2D eigenvalue weighted by atomic mass is 16.8. The molecule has 0 aromatic heterocycles. The van der Waals surface area contributed by atoms with Gasteiger partial charge < -0.3 is 24.1 Å². The van der Waals surface area contributed by atoms with Crippen molar-refractivity contribution >= 4 is 5.97 Å². The molecule has 6 heteroatoms. The lowest BCUT2D eigenvalue weighted by Gasteiger charge is -2.44. The summed E-state index contributed by atoms with van der Waals surface area (Å²) >= 11 is 0. The highest BCUT2D eigenvalue weighted by Gasteiger charge is 2.56. The maximum absolute atomic E-state index is 12.4. The van der Waals surface area contributed by atoms with Gasteiger partial charge in [0.1, 0.15) is 11.7 Å². The Balaban J connectivity index is 1.50. The average Bonchev–Trinajstić information content (AvgIpc) is 3.26. The molecule has 0 bridgehead atoms. The number of hydrogen-bond donors (Lipinski definition) is 1. The zero-order valence-electron chi connectivity index (χ0n) is 19.9. The van der Waals surface area contributed by atoms with E-state index in [0.717, 1.165) is 22.3 Å². The SMILES string of the molecule is O=C1OC2C(OC(c3ccccc3)(c3ccccc3)c3ccccc3)OC(c3ccccc3)OC2C1O. The molecule has 5 atom stereocenters. The number of benzene rings is 4. The van der Waals surface area contributed by atoms with Crippen LogP contribution in [0, 0.1) is 0 Å². The van der Waals surface area contributed by atoms with E-state index in [0.29, 0.717) is 0 Å². The number of ether oxygens (including phenoxy) is 4. The van der Waals surface area contributed by atoms with Crippen molar-refractivity contribution in [1.82, 2.24) is 0 Å². The summed E-state index contributed by atoms with van der Waals surface area (Å²) in [5, 5.41) is 10.6. The zero-order chi connectivity index (χ0) is 25.2. The van der Waals surface area contributed by atoms with Gasteiger partial charge in [-0.15, -0.1) is 0 Å². The van der Waals surface area contributed by atoms with Crippen LogP contribution in [0.25, 0.3) is 0 Å². The third-order valence-electron chi connectivity index (χ3n) is 6.84. The van der Waals surface area contributed by atoms with Gasteiger partial charge in [-0.1, -0.05) is 121 Å². The number of carbonyl (C=O) groups is 1. The minimum Gasteiger partial charge on any atom is -0.452 e. The van der Waals surface area contributed by atoms with Crippen LogP contribution in [0.4, 0.5) is 0 Å². The smallest absolute Gasteiger partial charge is 0.338 e. The lowest BCUT2D eigenvalue weighted by atomic mass is 9.80. The number of carbonyl (C=O) groups excluding carboxylic acids is 1. The number of aliphatic hydroxyl groups is 1. The van der Waals surface area contributed by atoms with Crippen molar-refractivity contribution in [1.29, 1.82) is 0 Å². The normalized spacial score (nSPS) is 25.3. The first-order chi connectivity index (χ1) is 18.2. The minimum atomic E-state index is -1.44. The van der Waals surface area contributed by atoms with Crippen molar-refractivity contribution < 1.29 is 28.8 Å². The molecule has 2 saturated heterocycles. The molecule has 4 aromatic rings. The molecule has 37 heavy (non-hydrogen) atoms. The van der Waals surface area contributed by atoms with Crippen LogP contribution in [-0.2, 0) is 29.3 Å². The Bertz CT molecular complexity index is 1230. The van der Waals surface area contributed by atoms with E-state index >= 15 is 0 Å². The topological polar surface area (TPSA) is 74.2 Å². The summed E-state index contributed by atoms with van der Waals surface area (Å²) in [4.78, 5) is 12.4. The molecule has 2 aliphatic heterocycles. The first-order valence-electron chi connectivity index (χ1n) is 12.3. The molecular formula is C31H26O6. The standard InChI is InChI=1S/C31H26O6/c32-25-26-27(34-28(25)33)30(36-29(35-26)21-13-5-1-6-14-21)37-31(22-15-7-2-8-16-22,23-17-9-3-10-18-23)24-19-11-4-12-20-24/h1-20,25-27,29-30,32H. The fourth-order valence-electron chi connectivity index (χ4n) is 5.08. The van der Waals surface area contributed by atoms with Gasteiger partial charge in [0.05, 0.1) is 0 Å². The molecule has 4 aromatic carbocycles. The Hall–Kier alpha value is -3.81. The molecular weight excluding hydrogens is 468 g/mol. The van der Waals surface area contributed by atoms with Gasteiger partial charge in [-0.05, 0) is 16.7 Å². The van der Waals surface area contributed by atoms with E-state index < -0.39 is 42.5 Å². The van der Waals surface area contributed by atoms with E-state index in [1.807, 2.05) is 121 Å². The van der Waals surface area contributed by atoms with E-state index in [2.05, 4.69) is 0 Å². The molecule has 0 amide bonds. The van der Waals surface area contributed by atoms with Gasteiger partial charge in [-0.3, -0.25) is 0 Å². The Labute approximate surface area is 215 Å². The predicted octanol–water partition coefficient (Wildman–Crippen LogP) is 4.72. The second-order valence-corrected chi connectivity index (χ2v) is 9.09. The third-order valence-corrected chi connectivity index (χ3v) is 6.84. The number of hydrogen-bond acceptors (Lipinski definition) is 6. The molecule has 2 heterocycles. The van der Waals surface area contributed by atoms with Crippen LogP contribution in [0.5, 0.6) is 0 Å². The fourth-order valence-corrected chi connectivity index (χ4v) is 5.08. The Morgan fingerprint density at radius 2 is 1.08 bits per heavy atom. The Morgan fingerprint density at radius 3 is 1.57 bits per heavy atom. The lowest BCUT2D eigenvalue weighted by molar-refractivity contribution is -0.357. The summed E-state index contributed by atoms with van der Waals surface area (Å²) in [5.74, 6) is -0.759. The van der Waals surface area contributed by atoms with Gasteiger partial charge in [0.2, 0.25) is 6.29 Å². The van der Waals surface area contributed by atoms with Crippen LogP contribution in [0.2, 0.25) is 0 Å². The van der Waals surface area contributed by atoms with Crippen LogP contribution < -0.4 is 0 Å². The Morgan fingerprint density at radius 1 is 0.622 bits per heavy atom. The van der Waals surface area contributed by atoms with Gasteiger partial charge in [-0.2, -0.15) is 0 Å². The van der Waals surface area contributed by atoms with E-state index in [-0.39, 0.29) is 0 Å². The molecule has 0 radical (unpaired) electrons. The Kier molecular flexibility index (Phi) is 6.32.